The Hall–Kier alpha value is -2.27. The largest absolute Gasteiger partial charge is 0.497 e. The molecule has 1 aromatic heterocycles. The number of nitrogens with zero attached hydrogens (tertiary/aromatic N) is 3. The first kappa shape index (κ1) is 27.0. The van der Waals surface area contributed by atoms with E-state index >= 15 is 0 Å². The summed E-state index contributed by atoms with van der Waals surface area (Å²) in [5.41, 5.74) is 1.24. The van der Waals surface area contributed by atoms with Gasteiger partial charge in [0.15, 0.2) is 5.96 Å². The van der Waals surface area contributed by atoms with Crippen molar-refractivity contribution in [3.05, 3.63) is 54.0 Å². The number of furan rings is 1. The molecule has 1 fully saturated rings. The van der Waals surface area contributed by atoms with Crippen molar-refractivity contribution in [3.63, 3.8) is 0 Å². The zero-order chi connectivity index (χ0) is 22.8. The summed E-state index contributed by atoms with van der Waals surface area (Å²) in [5, 5.41) is 6.80. The van der Waals surface area contributed by atoms with Gasteiger partial charge in [-0.05, 0) is 55.8 Å². The second-order valence-corrected chi connectivity index (χ2v) is 8.12. The molecule has 0 radical (unpaired) electrons. The summed E-state index contributed by atoms with van der Waals surface area (Å²) >= 11 is 0. The second kappa shape index (κ2) is 14.1. The van der Waals surface area contributed by atoms with E-state index < -0.39 is 0 Å². The summed E-state index contributed by atoms with van der Waals surface area (Å²) < 4.78 is 10.7. The molecule has 8 nitrogen and oxygen atoms in total. The van der Waals surface area contributed by atoms with Crippen LogP contribution in [0.25, 0.3) is 0 Å². The standard InChI is InChI=1S/C24H35N5O3.HI/c1-28(2)23(30)18-27-24(25-13-12-21-7-6-16-32-21)26-17-22(29-14-4-5-15-29)19-8-10-20(31-3)11-9-19;/h6-11,16,22H,4-5,12-15,17-18H2,1-3H3,(H2,25,26,27);1H. The zero-order valence-corrected chi connectivity index (χ0v) is 22.1. The summed E-state index contributed by atoms with van der Waals surface area (Å²) in [7, 11) is 5.16. The maximum absolute atomic E-state index is 12.1. The molecule has 0 spiro atoms. The van der Waals surface area contributed by atoms with Crippen LogP contribution in [0, 0.1) is 0 Å². The average molecular weight is 569 g/mol. The summed E-state index contributed by atoms with van der Waals surface area (Å²) in [4.78, 5) is 20.6. The van der Waals surface area contributed by atoms with E-state index in [9.17, 15) is 4.79 Å². The molecule has 2 heterocycles. The van der Waals surface area contributed by atoms with E-state index in [-0.39, 0.29) is 42.5 Å². The van der Waals surface area contributed by atoms with E-state index in [4.69, 9.17) is 9.15 Å². The summed E-state index contributed by atoms with van der Waals surface area (Å²) in [6.07, 6.45) is 4.84. The van der Waals surface area contributed by atoms with Crippen LogP contribution in [0.2, 0.25) is 0 Å². The number of methoxy groups -OCH3 is 1. The third-order valence-corrected chi connectivity index (χ3v) is 5.66. The number of likely N-dealkylation sites (tertiary alicyclic amines) is 1. The number of nitrogens with one attached hydrogen (secondary N) is 2. The van der Waals surface area contributed by atoms with Crippen LogP contribution in [-0.2, 0) is 11.2 Å². The molecule has 9 heteroatoms. The lowest BCUT2D eigenvalue weighted by atomic mass is 10.1. The Labute approximate surface area is 213 Å². The van der Waals surface area contributed by atoms with E-state index in [0.29, 0.717) is 19.0 Å². The van der Waals surface area contributed by atoms with E-state index in [2.05, 4.69) is 32.7 Å². The number of guanidine groups is 1. The van der Waals surface area contributed by atoms with Crippen LogP contribution in [0.1, 0.15) is 30.2 Å². The summed E-state index contributed by atoms with van der Waals surface area (Å²) in [6.45, 7) is 3.60. The number of carbonyl (C=O) groups excluding carboxylic acids is 1. The molecule has 1 aromatic carbocycles. The van der Waals surface area contributed by atoms with Gasteiger partial charge in [-0.3, -0.25) is 9.69 Å². The van der Waals surface area contributed by atoms with Crippen molar-refractivity contribution in [1.82, 2.24) is 20.4 Å². The molecular weight excluding hydrogens is 533 g/mol. The molecule has 1 aliphatic heterocycles. The topological polar surface area (TPSA) is 82.3 Å². The molecule has 1 aliphatic rings. The lowest BCUT2D eigenvalue weighted by Gasteiger charge is -2.29. The van der Waals surface area contributed by atoms with Gasteiger partial charge in [0.25, 0.3) is 0 Å². The molecule has 2 aromatic rings. The van der Waals surface area contributed by atoms with Crippen LogP contribution in [0.15, 0.2) is 52.1 Å². The van der Waals surface area contributed by atoms with E-state index in [1.165, 1.54) is 18.4 Å². The van der Waals surface area contributed by atoms with Crippen LogP contribution in [0.5, 0.6) is 5.75 Å². The van der Waals surface area contributed by atoms with E-state index in [1.54, 1.807) is 32.4 Å². The highest BCUT2D eigenvalue weighted by Gasteiger charge is 2.24. The molecule has 0 saturated carbocycles. The van der Waals surface area contributed by atoms with Gasteiger partial charge in [-0.15, -0.1) is 24.0 Å². The Morgan fingerprint density at radius 2 is 1.91 bits per heavy atom. The third kappa shape index (κ3) is 8.54. The van der Waals surface area contributed by atoms with Crippen LogP contribution >= 0.6 is 24.0 Å². The van der Waals surface area contributed by atoms with Gasteiger partial charge in [-0.2, -0.15) is 0 Å². The van der Waals surface area contributed by atoms with Crippen LogP contribution in [-0.4, -0.2) is 75.6 Å². The molecule has 0 bridgehead atoms. The molecule has 0 aliphatic carbocycles. The number of carbonyl (C=O) groups is 1. The Kier molecular flexibility index (Phi) is 11.5. The molecule has 1 atom stereocenters. The maximum atomic E-state index is 12.1. The first-order valence-electron chi connectivity index (χ1n) is 11.2. The Morgan fingerprint density at radius 3 is 2.52 bits per heavy atom. The number of hydrogen-bond donors (Lipinski definition) is 2. The number of halogens is 1. The van der Waals surface area contributed by atoms with Crippen LogP contribution in [0.4, 0.5) is 0 Å². The van der Waals surface area contributed by atoms with Gasteiger partial charge in [0, 0.05) is 33.6 Å². The highest BCUT2D eigenvalue weighted by atomic mass is 127. The third-order valence-electron chi connectivity index (χ3n) is 5.66. The number of benzene rings is 1. The first-order valence-corrected chi connectivity index (χ1v) is 11.2. The number of aliphatic imine (C=N–C) groups is 1. The Morgan fingerprint density at radius 1 is 1.18 bits per heavy atom. The van der Waals surface area contributed by atoms with Crippen molar-refractivity contribution in [2.24, 2.45) is 4.99 Å². The predicted octanol–water partition coefficient (Wildman–Crippen LogP) is 2.91. The lowest BCUT2D eigenvalue weighted by molar-refractivity contribution is -0.127. The number of amides is 1. The predicted molar refractivity (Wildman–Crippen MR) is 141 cm³/mol. The summed E-state index contributed by atoms with van der Waals surface area (Å²) in [5.74, 6) is 2.35. The number of rotatable bonds is 10. The highest BCUT2D eigenvalue weighted by Crippen LogP contribution is 2.26. The van der Waals surface area contributed by atoms with Crippen LogP contribution in [0.3, 0.4) is 0 Å². The number of hydrogen-bond acceptors (Lipinski definition) is 5. The van der Waals surface area contributed by atoms with Crippen molar-refractivity contribution in [3.8, 4) is 5.75 Å². The van der Waals surface area contributed by atoms with Gasteiger partial charge in [-0.25, -0.2) is 4.99 Å². The van der Waals surface area contributed by atoms with E-state index in [0.717, 1.165) is 31.0 Å². The van der Waals surface area contributed by atoms with Gasteiger partial charge in [-0.1, -0.05) is 12.1 Å². The average Bonchev–Trinajstić information content (AvgIpc) is 3.52. The van der Waals surface area contributed by atoms with Crippen molar-refractivity contribution in [1.29, 1.82) is 0 Å². The molecular formula is C24H36IN5O3. The number of likely N-dealkylation sites (N-methyl/N-ethyl adjacent to an activating group) is 1. The quantitative estimate of drug-likeness (QED) is 0.260. The van der Waals surface area contributed by atoms with Crippen molar-refractivity contribution in [2.45, 2.75) is 25.3 Å². The second-order valence-electron chi connectivity index (χ2n) is 8.12. The first-order chi connectivity index (χ1) is 15.6. The molecule has 33 heavy (non-hydrogen) atoms. The lowest BCUT2D eigenvalue weighted by Crippen LogP contribution is -2.43. The zero-order valence-electron chi connectivity index (χ0n) is 19.8. The smallest absolute Gasteiger partial charge is 0.243 e. The van der Waals surface area contributed by atoms with Crippen molar-refractivity contribution in [2.75, 3.05) is 53.9 Å². The fourth-order valence-electron chi connectivity index (χ4n) is 3.75. The molecule has 182 valence electrons. The Bertz CT molecular complexity index is 849. The minimum Gasteiger partial charge on any atom is -0.497 e. The fourth-order valence-corrected chi connectivity index (χ4v) is 3.75. The maximum Gasteiger partial charge on any atom is 0.243 e. The SMILES string of the molecule is COc1ccc(C(CNC(=NCC(=O)N(C)C)NCCc2ccco2)N2CCCC2)cc1.I. The van der Waals surface area contributed by atoms with Gasteiger partial charge in [0.05, 0.1) is 19.4 Å². The Balaban J connectivity index is 0.00000385. The molecule has 1 amide bonds. The normalized spacial score (nSPS) is 14.9. The number of ether oxygens (including phenoxy) is 1. The van der Waals surface area contributed by atoms with Gasteiger partial charge in [0.1, 0.15) is 18.1 Å². The highest BCUT2D eigenvalue weighted by molar-refractivity contribution is 14.0. The monoisotopic (exact) mass is 569 g/mol. The molecule has 2 N–H and O–H groups in total. The van der Waals surface area contributed by atoms with Gasteiger partial charge in [0.2, 0.25) is 5.91 Å². The van der Waals surface area contributed by atoms with E-state index in [1.807, 2.05) is 24.3 Å². The fraction of sp³-hybridized carbons (Fsp3) is 0.500. The van der Waals surface area contributed by atoms with Crippen molar-refractivity contribution >= 4 is 35.8 Å². The minimum atomic E-state index is -0.0385. The molecule has 1 unspecified atom stereocenters. The summed E-state index contributed by atoms with van der Waals surface area (Å²) in [6, 6.07) is 12.3. The van der Waals surface area contributed by atoms with Crippen LogP contribution < -0.4 is 15.4 Å². The van der Waals surface area contributed by atoms with Gasteiger partial charge >= 0.3 is 0 Å². The molecule has 1 saturated heterocycles. The minimum absolute atomic E-state index is 0. The van der Waals surface area contributed by atoms with Gasteiger partial charge < -0.3 is 24.7 Å². The molecule has 3 rings (SSSR count). The van der Waals surface area contributed by atoms with Crippen molar-refractivity contribution < 1.29 is 13.9 Å².